The lowest BCUT2D eigenvalue weighted by molar-refractivity contribution is 0.108. The number of rotatable bonds is 3. The Bertz CT molecular complexity index is 358. The highest BCUT2D eigenvalue weighted by Crippen LogP contribution is 2.30. The number of aryl methyl sites for hydroxylation is 1. The molecule has 2 rings (SSSR count). The van der Waals surface area contributed by atoms with Gasteiger partial charge in [0.1, 0.15) is 0 Å². The summed E-state index contributed by atoms with van der Waals surface area (Å²) in [6, 6.07) is 2.67. The van der Waals surface area contributed by atoms with Crippen LogP contribution >= 0.6 is 0 Å². The summed E-state index contributed by atoms with van der Waals surface area (Å²) in [6.45, 7) is 6.80. The molecule has 0 spiro atoms. The molecule has 0 saturated carbocycles. The summed E-state index contributed by atoms with van der Waals surface area (Å²) in [5.74, 6) is 0.677. The van der Waals surface area contributed by atoms with Crippen molar-refractivity contribution in [1.29, 1.82) is 0 Å². The lowest BCUT2D eigenvalue weighted by Gasteiger charge is -2.40. The Morgan fingerprint density at radius 2 is 2.29 bits per heavy atom. The van der Waals surface area contributed by atoms with Gasteiger partial charge in [-0.05, 0) is 31.4 Å². The molecule has 17 heavy (non-hydrogen) atoms. The Morgan fingerprint density at radius 3 is 2.88 bits per heavy atom. The van der Waals surface area contributed by atoms with Crippen LogP contribution in [-0.4, -0.2) is 33.8 Å². The Balaban J connectivity index is 2.22. The Morgan fingerprint density at radius 1 is 1.53 bits per heavy atom. The number of likely N-dealkylation sites (tertiary alicyclic amines) is 1. The minimum atomic E-state index is 0.234. The molecule has 0 amide bonds. The maximum atomic E-state index is 6.32. The van der Waals surface area contributed by atoms with Crippen molar-refractivity contribution < 1.29 is 0 Å². The number of piperidine rings is 1. The van der Waals surface area contributed by atoms with E-state index in [1.165, 1.54) is 12.1 Å². The predicted octanol–water partition coefficient (Wildman–Crippen LogP) is 1.54. The molecule has 1 aromatic heterocycles. The van der Waals surface area contributed by atoms with Crippen LogP contribution in [0.1, 0.15) is 38.4 Å². The molecule has 0 radical (unpaired) electrons. The van der Waals surface area contributed by atoms with Crippen LogP contribution in [0.4, 0.5) is 0 Å². The number of nitrogens with zero attached hydrogens (tertiary/aromatic N) is 3. The normalized spacial score (nSPS) is 26.6. The average Bonchev–Trinajstić information content (AvgIpc) is 2.64. The smallest absolute Gasteiger partial charge is 0.0670 e. The molecule has 1 aromatic rings. The van der Waals surface area contributed by atoms with Crippen LogP contribution < -0.4 is 5.73 Å². The molecule has 1 aliphatic heterocycles. The first-order chi connectivity index (χ1) is 8.09. The van der Waals surface area contributed by atoms with E-state index >= 15 is 0 Å². The van der Waals surface area contributed by atoms with Gasteiger partial charge in [0.25, 0.3) is 0 Å². The fraction of sp³-hybridized carbons (Fsp3) is 0.769. The maximum absolute atomic E-state index is 6.32. The van der Waals surface area contributed by atoms with Crippen molar-refractivity contribution in [1.82, 2.24) is 14.7 Å². The zero-order valence-electron chi connectivity index (χ0n) is 11.1. The van der Waals surface area contributed by atoms with E-state index in [0.29, 0.717) is 12.0 Å². The van der Waals surface area contributed by atoms with Gasteiger partial charge in [0.2, 0.25) is 0 Å². The molecule has 2 atom stereocenters. The van der Waals surface area contributed by atoms with Crippen LogP contribution in [0.3, 0.4) is 0 Å². The monoisotopic (exact) mass is 236 g/mol. The van der Waals surface area contributed by atoms with Crippen molar-refractivity contribution in [2.75, 3.05) is 13.1 Å². The largest absolute Gasteiger partial charge is 0.326 e. The van der Waals surface area contributed by atoms with E-state index < -0.39 is 0 Å². The minimum Gasteiger partial charge on any atom is -0.326 e. The fourth-order valence-electron chi connectivity index (χ4n) is 2.85. The number of nitrogens with two attached hydrogens (primary N) is 1. The van der Waals surface area contributed by atoms with Crippen LogP contribution in [-0.2, 0) is 7.05 Å². The van der Waals surface area contributed by atoms with Gasteiger partial charge in [-0.1, -0.05) is 13.8 Å². The quantitative estimate of drug-likeness (QED) is 0.866. The van der Waals surface area contributed by atoms with E-state index in [4.69, 9.17) is 5.73 Å². The van der Waals surface area contributed by atoms with Crippen molar-refractivity contribution >= 4 is 0 Å². The number of hydrogen-bond donors (Lipinski definition) is 1. The zero-order chi connectivity index (χ0) is 12.4. The summed E-state index contributed by atoms with van der Waals surface area (Å²) >= 11 is 0. The van der Waals surface area contributed by atoms with Gasteiger partial charge in [0.05, 0.1) is 11.7 Å². The standard InChI is InChI=1S/C13H24N4/c1-10(2)9-17-8-4-5-11(14)13(17)12-6-7-15-16(12)3/h6-7,10-11,13H,4-5,8-9,14H2,1-3H3. The molecule has 0 bridgehead atoms. The first kappa shape index (κ1) is 12.6. The predicted molar refractivity (Wildman–Crippen MR) is 69.6 cm³/mol. The summed E-state index contributed by atoms with van der Waals surface area (Å²) in [6.07, 6.45) is 4.19. The summed E-state index contributed by atoms with van der Waals surface area (Å²) in [7, 11) is 2.00. The van der Waals surface area contributed by atoms with Gasteiger partial charge in [0.15, 0.2) is 0 Å². The Labute approximate surface area is 104 Å². The van der Waals surface area contributed by atoms with E-state index in [9.17, 15) is 0 Å². The van der Waals surface area contributed by atoms with E-state index in [1.54, 1.807) is 0 Å². The van der Waals surface area contributed by atoms with Gasteiger partial charge in [-0.25, -0.2) is 0 Å². The first-order valence-electron chi connectivity index (χ1n) is 6.57. The van der Waals surface area contributed by atoms with Crippen LogP contribution in [0.15, 0.2) is 12.3 Å². The third-order valence-electron chi connectivity index (χ3n) is 3.54. The van der Waals surface area contributed by atoms with Crippen LogP contribution in [0, 0.1) is 5.92 Å². The summed E-state index contributed by atoms with van der Waals surface area (Å²) in [4.78, 5) is 2.52. The van der Waals surface area contributed by atoms with E-state index in [-0.39, 0.29) is 6.04 Å². The number of aromatic nitrogens is 2. The zero-order valence-corrected chi connectivity index (χ0v) is 11.1. The van der Waals surface area contributed by atoms with Crippen molar-refractivity contribution in [2.24, 2.45) is 18.7 Å². The third-order valence-corrected chi connectivity index (χ3v) is 3.54. The summed E-state index contributed by atoms with van der Waals surface area (Å²) < 4.78 is 1.96. The van der Waals surface area contributed by atoms with Gasteiger partial charge in [-0.15, -0.1) is 0 Å². The highest BCUT2D eigenvalue weighted by atomic mass is 15.3. The average molecular weight is 236 g/mol. The molecule has 2 unspecified atom stereocenters. The molecule has 4 heteroatoms. The highest BCUT2D eigenvalue weighted by Gasteiger charge is 2.32. The molecule has 96 valence electrons. The fourth-order valence-corrected chi connectivity index (χ4v) is 2.85. The molecular formula is C13H24N4. The van der Waals surface area contributed by atoms with Crippen molar-refractivity contribution in [3.63, 3.8) is 0 Å². The van der Waals surface area contributed by atoms with Crippen LogP contribution in [0.5, 0.6) is 0 Å². The van der Waals surface area contributed by atoms with Gasteiger partial charge in [-0.3, -0.25) is 9.58 Å². The van der Waals surface area contributed by atoms with E-state index in [1.807, 2.05) is 17.9 Å². The number of hydrogen-bond acceptors (Lipinski definition) is 3. The molecule has 2 heterocycles. The van der Waals surface area contributed by atoms with Gasteiger partial charge in [0, 0.05) is 25.8 Å². The van der Waals surface area contributed by atoms with Crippen molar-refractivity contribution in [3.05, 3.63) is 18.0 Å². The Kier molecular flexibility index (Phi) is 3.84. The molecule has 1 fully saturated rings. The molecule has 4 nitrogen and oxygen atoms in total. The van der Waals surface area contributed by atoms with Gasteiger partial charge < -0.3 is 5.73 Å². The minimum absolute atomic E-state index is 0.234. The third kappa shape index (κ3) is 2.69. The molecular weight excluding hydrogens is 212 g/mol. The van der Waals surface area contributed by atoms with Gasteiger partial charge in [-0.2, -0.15) is 5.10 Å². The molecule has 2 N–H and O–H groups in total. The maximum Gasteiger partial charge on any atom is 0.0670 e. The van der Waals surface area contributed by atoms with Crippen molar-refractivity contribution in [2.45, 2.75) is 38.8 Å². The summed E-state index contributed by atoms with van der Waals surface area (Å²) in [5, 5.41) is 4.27. The van der Waals surface area contributed by atoms with Gasteiger partial charge >= 0.3 is 0 Å². The summed E-state index contributed by atoms with van der Waals surface area (Å²) in [5.41, 5.74) is 7.57. The van der Waals surface area contributed by atoms with E-state index in [0.717, 1.165) is 19.5 Å². The van der Waals surface area contributed by atoms with Crippen molar-refractivity contribution in [3.8, 4) is 0 Å². The first-order valence-corrected chi connectivity index (χ1v) is 6.57. The molecule has 0 aromatic carbocycles. The highest BCUT2D eigenvalue weighted by molar-refractivity contribution is 5.11. The van der Waals surface area contributed by atoms with Crippen LogP contribution in [0.2, 0.25) is 0 Å². The lowest BCUT2D eigenvalue weighted by atomic mass is 9.93. The SMILES string of the molecule is CC(C)CN1CCCC(N)C1c1ccnn1C. The lowest BCUT2D eigenvalue weighted by Crippen LogP contribution is -2.47. The van der Waals surface area contributed by atoms with Crippen LogP contribution in [0.25, 0.3) is 0 Å². The second-order valence-corrected chi connectivity index (χ2v) is 5.52. The Hall–Kier alpha value is -0.870. The molecule has 0 aliphatic carbocycles. The second kappa shape index (κ2) is 5.19. The molecule has 1 aliphatic rings. The molecule has 1 saturated heterocycles. The second-order valence-electron chi connectivity index (χ2n) is 5.52. The van der Waals surface area contributed by atoms with E-state index in [2.05, 4.69) is 29.9 Å². The topological polar surface area (TPSA) is 47.1 Å².